The van der Waals surface area contributed by atoms with E-state index in [1.54, 1.807) is 43.1 Å². The third-order valence-electron chi connectivity index (χ3n) is 4.26. The second kappa shape index (κ2) is 7.24. The molecule has 2 aromatic carbocycles. The van der Waals surface area contributed by atoms with E-state index in [1.807, 2.05) is 31.2 Å². The third kappa shape index (κ3) is 3.35. The molecule has 1 aromatic heterocycles. The van der Waals surface area contributed by atoms with Gasteiger partial charge in [-0.25, -0.2) is 4.85 Å². The number of methoxy groups -OCH3 is 1. The lowest BCUT2D eigenvalue weighted by Gasteiger charge is -2.09. The zero-order valence-corrected chi connectivity index (χ0v) is 15.0. The summed E-state index contributed by atoms with van der Waals surface area (Å²) in [6.45, 7) is 9.24. The van der Waals surface area contributed by atoms with Crippen LogP contribution in [0, 0.1) is 13.5 Å². The Morgan fingerprint density at radius 1 is 1.23 bits per heavy atom. The molecule has 1 heterocycles. The highest BCUT2D eigenvalue weighted by Crippen LogP contribution is 2.31. The van der Waals surface area contributed by atoms with Gasteiger partial charge >= 0.3 is 0 Å². The fraction of sp³-hybridized carbons (Fsp3) is 0.190. The molecule has 26 heavy (non-hydrogen) atoms. The Morgan fingerprint density at radius 2 is 2.00 bits per heavy atom. The van der Waals surface area contributed by atoms with E-state index in [0.29, 0.717) is 16.9 Å². The van der Waals surface area contributed by atoms with Crippen LogP contribution in [0.25, 0.3) is 16.1 Å². The molecule has 0 spiro atoms. The van der Waals surface area contributed by atoms with Crippen LogP contribution in [0.15, 0.2) is 48.5 Å². The topological polar surface area (TPSA) is 48.5 Å². The van der Waals surface area contributed by atoms with Crippen LogP contribution in [0.4, 0.5) is 5.69 Å². The van der Waals surface area contributed by atoms with Gasteiger partial charge in [0.15, 0.2) is 11.5 Å². The summed E-state index contributed by atoms with van der Waals surface area (Å²) < 4.78 is 7.13. The number of Topliss-reactive ketones (excluding diaryl/α,β-unsaturated/α-hetero) is 1. The van der Waals surface area contributed by atoms with E-state index in [2.05, 4.69) is 9.94 Å². The first-order valence-electron chi connectivity index (χ1n) is 8.21. The molecule has 0 aliphatic carbocycles. The lowest BCUT2D eigenvalue weighted by atomic mass is 10.0. The van der Waals surface area contributed by atoms with Crippen LogP contribution >= 0.6 is 0 Å². The second-order valence-electron chi connectivity index (χ2n) is 6.08. The summed E-state index contributed by atoms with van der Waals surface area (Å²) >= 11 is 0. The maximum absolute atomic E-state index is 12.7. The van der Waals surface area contributed by atoms with E-state index in [-0.39, 0.29) is 12.2 Å². The van der Waals surface area contributed by atoms with Crippen molar-refractivity contribution >= 4 is 11.5 Å². The summed E-state index contributed by atoms with van der Waals surface area (Å²) in [6, 6.07) is 14.8. The van der Waals surface area contributed by atoms with Crippen LogP contribution in [0.1, 0.15) is 21.6 Å². The van der Waals surface area contributed by atoms with Crippen molar-refractivity contribution in [3.8, 4) is 17.0 Å². The van der Waals surface area contributed by atoms with E-state index in [9.17, 15) is 4.79 Å². The Kier molecular flexibility index (Phi) is 4.85. The van der Waals surface area contributed by atoms with Crippen molar-refractivity contribution in [1.82, 2.24) is 9.78 Å². The minimum absolute atomic E-state index is 0.116. The summed E-state index contributed by atoms with van der Waals surface area (Å²) in [4.78, 5) is 16.2. The average Bonchev–Trinajstić information content (AvgIpc) is 3.04. The van der Waals surface area contributed by atoms with Crippen molar-refractivity contribution in [3.63, 3.8) is 0 Å². The number of aryl methyl sites for hydroxylation is 2. The summed E-state index contributed by atoms with van der Waals surface area (Å²) in [6.07, 6.45) is 0.153. The van der Waals surface area contributed by atoms with Gasteiger partial charge in [-0.3, -0.25) is 9.48 Å². The summed E-state index contributed by atoms with van der Waals surface area (Å²) in [5.74, 6) is 0.616. The molecule has 0 N–H and O–H groups in total. The molecule has 0 aliphatic rings. The Hall–Kier alpha value is -3.39. The van der Waals surface area contributed by atoms with Gasteiger partial charge in [0.05, 0.1) is 19.4 Å². The highest BCUT2D eigenvalue weighted by Gasteiger charge is 2.18. The van der Waals surface area contributed by atoms with Gasteiger partial charge in [-0.1, -0.05) is 35.9 Å². The van der Waals surface area contributed by atoms with Gasteiger partial charge in [0.25, 0.3) is 0 Å². The first-order valence-corrected chi connectivity index (χ1v) is 8.21. The molecule has 5 nitrogen and oxygen atoms in total. The summed E-state index contributed by atoms with van der Waals surface area (Å²) in [5.41, 5.74) is 4.40. The molecule has 0 unspecified atom stereocenters. The number of ether oxygens (including phenoxy) is 1. The van der Waals surface area contributed by atoms with Crippen LogP contribution < -0.4 is 4.74 Å². The Morgan fingerprint density at radius 3 is 2.73 bits per heavy atom. The molecule has 0 amide bonds. The maximum Gasteiger partial charge on any atom is 0.190 e. The molecule has 3 rings (SSSR count). The average molecular weight is 345 g/mol. The van der Waals surface area contributed by atoms with Crippen LogP contribution in [-0.2, 0) is 13.5 Å². The van der Waals surface area contributed by atoms with E-state index in [4.69, 9.17) is 11.3 Å². The number of ketones is 1. The monoisotopic (exact) mass is 345 g/mol. The largest absolute Gasteiger partial charge is 0.496 e. The summed E-state index contributed by atoms with van der Waals surface area (Å²) in [7, 11) is 3.43. The van der Waals surface area contributed by atoms with Crippen molar-refractivity contribution in [2.24, 2.45) is 7.05 Å². The molecule has 0 radical (unpaired) electrons. The number of aromatic nitrogens is 2. The molecule has 0 bridgehead atoms. The van der Waals surface area contributed by atoms with Gasteiger partial charge in [-0.15, -0.1) is 0 Å². The standard InChI is InChI=1S/C21H19N3O2/c1-14-9-10-21(26-4)16(11-14)19-13-18(23-24(19)3)20(25)12-15-7-5-6-8-17(15)22-2/h5-11,13H,12H2,1,3-4H3. The zero-order valence-electron chi connectivity index (χ0n) is 15.0. The molecule has 130 valence electrons. The maximum atomic E-state index is 12.7. The SMILES string of the molecule is [C-]#[N+]c1ccccc1CC(=O)c1cc(-c2cc(C)ccc2OC)n(C)n1. The molecule has 0 saturated carbocycles. The van der Waals surface area contributed by atoms with Gasteiger partial charge in [-0.2, -0.15) is 5.10 Å². The van der Waals surface area contributed by atoms with Crippen LogP contribution in [-0.4, -0.2) is 22.7 Å². The molecule has 3 aromatic rings. The molecular weight excluding hydrogens is 326 g/mol. The molecule has 0 saturated heterocycles. The first-order chi connectivity index (χ1) is 12.5. The van der Waals surface area contributed by atoms with Crippen molar-refractivity contribution in [2.75, 3.05) is 7.11 Å². The number of carbonyl (C=O) groups is 1. The minimum atomic E-state index is -0.116. The molecular formula is C21H19N3O2. The molecule has 0 atom stereocenters. The molecule has 0 aliphatic heterocycles. The predicted octanol–water partition coefficient (Wildman–Crippen LogP) is 4.38. The third-order valence-corrected chi connectivity index (χ3v) is 4.26. The fourth-order valence-corrected chi connectivity index (χ4v) is 2.91. The number of rotatable bonds is 5. The predicted molar refractivity (Wildman–Crippen MR) is 101 cm³/mol. The van der Waals surface area contributed by atoms with Crippen molar-refractivity contribution in [2.45, 2.75) is 13.3 Å². The van der Waals surface area contributed by atoms with Gasteiger partial charge in [0, 0.05) is 19.0 Å². The van der Waals surface area contributed by atoms with E-state index >= 15 is 0 Å². The van der Waals surface area contributed by atoms with Gasteiger partial charge in [0.1, 0.15) is 11.4 Å². The Labute approximate surface area is 152 Å². The molecule has 5 heteroatoms. The van der Waals surface area contributed by atoms with Gasteiger partial charge in [-0.05, 0) is 30.7 Å². The fourth-order valence-electron chi connectivity index (χ4n) is 2.91. The lowest BCUT2D eigenvalue weighted by molar-refractivity contribution is 0.0987. The van der Waals surface area contributed by atoms with Crippen molar-refractivity contribution in [3.05, 3.63) is 76.8 Å². The quantitative estimate of drug-likeness (QED) is 0.509. The summed E-state index contributed by atoms with van der Waals surface area (Å²) in [5, 5.41) is 4.38. The minimum Gasteiger partial charge on any atom is -0.496 e. The second-order valence-corrected chi connectivity index (χ2v) is 6.08. The number of hydrogen-bond donors (Lipinski definition) is 0. The van der Waals surface area contributed by atoms with Crippen LogP contribution in [0.2, 0.25) is 0 Å². The van der Waals surface area contributed by atoms with E-state index in [1.165, 1.54) is 0 Å². The zero-order chi connectivity index (χ0) is 18.7. The molecule has 0 fully saturated rings. The number of nitrogens with zero attached hydrogens (tertiary/aromatic N) is 3. The smallest absolute Gasteiger partial charge is 0.190 e. The van der Waals surface area contributed by atoms with Crippen LogP contribution in [0.3, 0.4) is 0 Å². The van der Waals surface area contributed by atoms with Crippen LogP contribution in [0.5, 0.6) is 5.75 Å². The number of benzene rings is 2. The normalized spacial score (nSPS) is 10.4. The van der Waals surface area contributed by atoms with Gasteiger partial charge in [0.2, 0.25) is 0 Å². The lowest BCUT2D eigenvalue weighted by Crippen LogP contribution is -2.05. The highest BCUT2D eigenvalue weighted by atomic mass is 16.5. The first kappa shape index (κ1) is 17.4. The van der Waals surface area contributed by atoms with E-state index in [0.717, 1.165) is 22.6 Å². The number of para-hydroxylation sites is 1. The van der Waals surface area contributed by atoms with Crippen molar-refractivity contribution in [1.29, 1.82) is 0 Å². The Bertz CT molecular complexity index is 1010. The van der Waals surface area contributed by atoms with E-state index < -0.39 is 0 Å². The highest BCUT2D eigenvalue weighted by molar-refractivity contribution is 5.97. The Balaban J connectivity index is 1.95. The van der Waals surface area contributed by atoms with Crippen molar-refractivity contribution < 1.29 is 9.53 Å². The number of hydrogen-bond acceptors (Lipinski definition) is 3. The number of carbonyl (C=O) groups excluding carboxylic acids is 1. The van der Waals surface area contributed by atoms with Gasteiger partial charge < -0.3 is 4.74 Å².